The molecule has 1 saturated heterocycles. The number of carbonyl (C=O) groups is 1. The van der Waals surface area contributed by atoms with Crippen LogP contribution in [0.5, 0.6) is 0 Å². The molecule has 0 aliphatic carbocycles. The SMILES string of the molecule is CC(C)(C)C(=O)ON1CCN(c2ncc(S(=O)(=O)c3cccnc3)s2)CC1. The Morgan fingerprint density at radius 3 is 2.48 bits per heavy atom. The smallest absolute Gasteiger partial charge is 0.330 e. The molecule has 0 amide bonds. The highest BCUT2D eigenvalue weighted by atomic mass is 32.2. The molecule has 1 fully saturated rings. The molecule has 1 aliphatic heterocycles. The molecular formula is C17H22N4O4S2. The molecule has 0 spiro atoms. The van der Waals surface area contributed by atoms with Crippen LogP contribution in [0.2, 0.25) is 0 Å². The lowest BCUT2D eigenvalue weighted by Crippen LogP contribution is -2.48. The molecule has 0 bridgehead atoms. The summed E-state index contributed by atoms with van der Waals surface area (Å²) in [7, 11) is -3.61. The number of nitrogens with zero attached hydrogens (tertiary/aromatic N) is 4. The molecule has 0 N–H and O–H groups in total. The van der Waals surface area contributed by atoms with E-state index in [4.69, 9.17) is 4.84 Å². The zero-order valence-electron chi connectivity index (χ0n) is 15.5. The molecule has 1 aliphatic rings. The van der Waals surface area contributed by atoms with Gasteiger partial charge in [-0.25, -0.2) is 18.2 Å². The highest BCUT2D eigenvalue weighted by Crippen LogP contribution is 2.30. The lowest BCUT2D eigenvalue weighted by Gasteiger charge is -2.34. The molecule has 3 rings (SSSR count). The van der Waals surface area contributed by atoms with Gasteiger partial charge in [-0.2, -0.15) is 0 Å². The Morgan fingerprint density at radius 2 is 1.89 bits per heavy atom. The zero-order chi connectivity index (χ0) is 19.7. The van der Waals surface area contributed by atoms with Crippen LogP contribution in [-0.2, 0) is 19.5 Å². The third-order valence-corrected chi connectivity index (χ3v) is 7.27. The summed E-state index contributed by atoms with van der Waals surface area (Å²) in [6.07, 6.45) is 4.24. The summed E-state index contributed by atoms with van der Waals surface area (Å²) in [5, 5.41) is 2.28. The van der Waals surface area contributed by atoms with Gasteiger partial charge in [0.25, 0.3) is 0 Å². The number of thiazole rings is 1. The molecule has 0 saturated carbocycles. The van der Waals surface area contributed by atoms with Crippen LogP contribution < -0.4 is 4.90 Å². The number of piperazine rings is 1. The largest absolute Gasteiger partial charge is 0.367 e. The Hall–Kier alpha value is -2.04. The number of carbonyl (C=O) groups excluding carboxylic acids is 1. The van der Waals surface area contributed by atoms with Gasteiger partial charge in [0.1, 0.15) is 4.21 Å². The van der Waals surface area contributed by atoms with Gasteiger partial charge in [-0.05, 0) is 32.9 Å². The van der Waals surface area contributed by atoms with Crippen LogP contribution in [0.25, 0.3) is 0 Å². The normalized spacial score (nSPS) is 16.3. The molecule has 8 nitrogen and oxygen atoms in total. The van der Waals surface area contributed by atoms with Crippen molar-refractivity contribution in [3.05, 3.63) is 30.7 Å². The second kappa shape index (κ2) is 7.53. The van der Waals surface area contributed by atoms with Crippen molar-refractivity contribution < 1.29 is 18.0 Å². The second-order valence-electron chi connectivity index (χ2n) is 7.20. The molecule has 0 unspecified atom stereocenters. The summed E-state index contributed by atoms with van der Waals surface area (Å²) in [6.45, 7) is 7.69. The van der Waals surface area contributed by atoms with Crippen molar-refractivity contribution in [2.75, 3.05) is 31.1 Å². The van der Waals surface area contributed by atoms with E-state index in [-0.39, 0.29) is 15.1 Å². The van der Waals surface area contributed by atoms with Crippen molar-refractivity contribution in [3.8, 4) is 0 Å². The van der Waals surface area contributed by atoms with Gasteiger partial charge in [0, 0.05) is 25.5 Å². The lowest BCUT2D eigenvalue weighted by atomic mass is 9.98. The fraction of sp³-hybridized carbons (Fsp3) is 0.471. The van der Waals surface area contributed by atoms with Crippen LogP contribution >= 0.6 is 11.3 Å². The van der Waals surface area contributed by atoms with E-state index in [1.54, 1.807) is 11.1 Å². The van der Waals surface area contributed by atoms with E-state index in [9.17, 15) is 13.2 Å². The topological polar surface area (TPSA) is 92.7 Å². The van der Waals surface area contributed by atoms with Crippen LogP contribution in [0.1, 0.15) is 20.8 Å². The number of sulfone groups is 1. The fourth-order valence-corrected chi connectivity index (χ4v) is 4.90. The molecule has 10 heteroatoms. The Balaban J connectivity index is 1.64. The summed E-state index contributed by atoms with van der Waals surface area (Å²) < 4.78 is 25.5. The third kappa shape index (κ3) is 4.45. The van der Waals surface area contributed by atoms with E-state index >= 15 is 0 Å². The summed E-state index contributed by atoms with van der Waals surface area (Å²) >= 11 is 1.13. The minimum Gasteiger partial charge on any atom is -0.367 e. The van der Waals surface area contributed by atoms with Crippen LogP contribution in [0.4, 0.5) is 5.13 Å². The summed E-state index contributed by atoms with van der Waals surface area (Å²) in [4.78, 5) is 27.7. The van der Waals surface area contributed by atoms with Crippen molar-refractivity contribution in [2.45, 2.75) is 29.9 Å². The molecular weight excluding hydrogens is 388 g/mol. The molecule has 27 heavy (non-hydrogen) atoms. The Kier molecular flexibility index (Phi) is 5.50. The van der Waals surface area contributed by atoms with E-state index in [0.717, 1.165) is 11.3 Å². The first-order valence-corrected chi connectivity index (χ1v) is 10.8. The number of rotatable bonds is 4. The van der Waals surface area contributed by atoms with E-state index in [1.807, 2.05) is 25.7 Å². The van der Waals surface area contributed by atoms with Gasteiger partial charge in [-0.1, -0.05) is 11.3 Å². The van der Waals surface area contributed by atoms with E-state index in [1.165, 1.54) is 24.7 Å². The predicted octanol–water partition coefficient (Wildman–Crippen LogP) is 2.00. The number of hydroxylamine groups is 2. The Bertz CT molecular complexity index is 899. The maximum Gasteiger partial charge on any atom is 0.330 e. The van der Waals surface area contributed by atoms with Crippen molar-refractivity contribution in [2.24, 2.45) is 5.41 Å². The first kappa shape index (κ1) is 19.7. The summed E-state index contributed by atoms with van der Waals surface area (Å²) in [5.74, 6) is -0.268. The van der Waals surface area contributed by atoms with Crippen molar-refractivity contribution in [3.63, 3.8) is 0 Å². The quantitative estimate of drug-likeness (QED) is 0.756. The number of aromatic nitrogens is 2. The molecule has 146 valence electrons. The molecule has 2 aromatic rings. The number of pyridine rings is 1. The van der Waals surface area contributed by atoms with E-state index < -0.39 is 15.3 Å². The third-order valence-electron chi connectivity index (χ3n) is 4.02. The van der Waals surface area contributed by atoms with Crippen LogP contribution in [0, 0.1) is 5.41 Å². The average Bonchev–Trinajstić information content (AvgIpc) is 3.13. The zero-order valence-corrected chi connectivity index (χ0v) is 17.1. The van der Waals surface area contributed by atoms with Crippen molar-refractivity contribution >= 4 is 32.3 Å². The van der Waals surface area contributed by atoms with Crippen LogP contribution in [-0.4, -0.2) is 55.6 Å². The van der Waals surface area contributed by atoms with Gasteiger partial charge in [0.2, 0.25) is 9.84 Å². The number of anilines is 1. The predicted molar refractivity (Wildman–Crippen MR) is 101 cm³/mol. The molecule has 2 aromatic heterocycles. The van der Waals surface area contributed by atoms with E-state index in [0.29, 0.717) is 31.3 Å². The van der Waals surface area contributed by atoms with Gasteiger partial charge in [-0.15, -0.1) is 5.06 Å². The summed E-state index contributed by atoms with van der Waals surface area (Å²) in [6, 6.07) is 3.11. The monoisotopic (exact) mass is 410 g/mol. The number of hydrogen-bond acceptors (Lipinski definition) is 9. The van der Waals surface area contributed by atoms with Crippen molar-refractivity contribution in [1.29, 1.82) is 0 Å². The first-order valence-electron chi connectivity index (χ1n) is 8.51. The first-order chi connectivity index (χ1) is 12.7. The minimum atomic E-state index is -3.61. The minimum absolute atomic E-state index is 0.152. The Labute approximate surface area is 162 Å². The average molecular weight is 411 g/mol. The van der Waals surface area contributed by atoms with Crippen LogP contribution in [0.15, 0.2) is 39.8 Å². The molecule has 0 aromatic carbocycles. The van der Waals surface area contributed by atoms with Gasteiger partial charge >= 0.3 is 5.97 Å². The highest BCUT2D eigenvalue weighted by molar-refractivity contribution is 7.93. The standard InChI is InChI=1S/C17H22N4O4S2/c1-17(2,3)15(22)25-21-9-7-20(8-10-21)16-19-12-14(26-16)27(23,24)13-5-4-6-18-11-13/h4-6,11-12H,7-10H2,1-3H3. The maximum atomic E-state index is 12.6. The van der Waals surface area contributed by atoms with Gasteiger partial charge in [0.05, 0.1) is 29.6 Å². The van der Waals surface area contributed by atoms with Gasteiger partial charge in [-0.3, -0.25) is 4.98 Å². The van der Waals surface area contributed by atoms with Crippen molar-refractivity contribution in [1.82, 2.24) is 15.0 Å². The second-order valence-corrected chi connectivity index (χ2v) is 10.4. The molecule has 0 atom stereocenters. The van der Waals surface area contributed by atoms with Crippen LogP contribution in [0.3, 0.4) is 0 Å². The summed E-state index contributed by atoms with van der Waals surface area (Å²) in [5.41, 5.74) is -0.554. The highest BCUT2D eigenvalue weighted by Gasteiger charge is 2.29. The maximum absolute atomic E-state index is 12.6. The van der Waals surface area contributed by atoms with Gasteiger partial charge in [0.15, 0.2) is 5.13 Å². The fourth-order valence-electron chi connectivity index (χ4n) is 2.37. The number of hydrogen-bond donors (Lipinski definition) is 0. The molecule has 3 heterocycles. The van der Waals surface area contributed by atoms with E-state index in [2.05, 4.69) is 9.97 Å². The lowest BCUT2D eigenvalue weighted by molar-refractivity contribution is -0.201. The molecule has 0 radical (unpaired) electrons. The van der Waals surface area contributed by atoms with Gasteiger partial charge < -0.3 is 9.74 Å². The Morgan fingerprint density at radius 1 is 1.19 bits per heavy atom.